The standard InChI is InChI=1S/C23H26FNO5S/c1-29-22-8-5-16(13-21(22)24)15-30-23(26)18-9-11-25(12-10-18)31(27,28)20-7-6-17-3-2-4-19(17)14-20/h5-8,13-14,18H,2-4,9-12,15H2,1H3. The van der Waals surface area contributed by atoms with Gasteiger partial charge in [0.15, 0.2) is 11.6 Å². The van der Waals surface area contributed by atoms with Gasteiger partial charge in [0.05, 0.1) is 17.9 Å². The number of fused-ring (bicyclic) bond motifs is 1. The first-order chi connectivity index (χ1) is 14.9. The molecule has 0 radical (unpaired) electrons. The fourth-order valence-electron chi connectivity index (χ4n) is 4.26. The first-order valence-corrected chi connectivity index (χ1v) is 11.9. The van der Waals surface area contributed by atoms with E-state index in [0.29, 0.717) is 23.3 Å². The van der Waals surface area contributed by atoms with Gasteiger partial charge in [0.25, 0.3) is 0 Å². The minimum Gasteiger partial charge on any atom is -0.494 e. The number of methoxy groups -OCH3 is 1. The van der Waals surface area contributed by atoms with Gasteiger partial charge in [-0.05, 0) is 73.1 Å². The number of benzene rings is 2. The molecule has 2 aromatic rings. The van der Waals surface area contributed by atoms with Crippen molar-refractivity contribution in [1.29, 1.82) is 0 Å². The molecular weight excluding hydrogens is 421 g/mol. The minimum atomic E-state index is -3.57. The summed E-state index contributed by atoms with van der Waals surface area (Å²) in [6.45, 7) is 0.514. The van der Waals surface area contributed by atoms with Crippen LogP contribution < -0.4 is 4.74 Å². The Bertz CT molecular complexity index is 1080. The van der Waals surface area contributed by atoms with Crippen molar-refractivity contribution in [2.45, 2.75) is 43.6 Å². The summed E-state index contributed by atoms with van der Waals surface area (Å²) in [6.07, 6.45) is 3.80. The summed E-state index contributed by atoms with van der Waals surface area (Å²) >= 11 is 0. The predicted molar refractivity (Wildman–Crippen MR) is 113 cm³/mol. The van der Waals surface area contributed by atoms with Crippen molar-refractivity contribution in [1.82, 2.24) is 4.31 Å². The third kappa shape index (κ3) is 4.60. The molecule has 2 aliphatic rings. The van der Waals surface area contributed by atoms with Crippen molar-refractivity contribution in [2.24, 2.45) is 5.92 Å². The molecule has 1 aliphatic carbocycles. The Balaban J connectivity index is 1.32. The van der Waals surface area contributed by atoms with Gasteiger partial charge in [0.2, 0.25) is 10.0 Å². The molecule has 0 N–H and O–H groups in total. The highest BCUT2D eigenvalue weighted by molar-refractivity contribution is 7.89. The Kier molecular flexibility index (Phi) is 6.29. The van der Waals surface area contributed by atoms with Crippen LogP contribution in [-0.4, -0.2) is 38.9 Å². The van der Waals surface area contributed by atoms with Crippen LogP contribution in [0.2, 0.25) is 0 Å². The van der Waals surface area contributed by atoms with E-state index >= 15 is 0 Å². The lowest BCUT2D eigenvalue weighted by Crippen LogP contribution is -2.40. The summed E-state index contributed by atoms with van der Waals surface area (Å²) < 4.78 is 51.5. The van der Waals surface area contributed by atoms with E-state index in [4.69, 9.17) is 9.47 Å². The maximum Gasteiger partial charge on any atom is 0.309 e. The molecule has 6 nitrogen and oxygen atoms in total. The number of aryl methyl sites for hydroxylation is 2. The number of halogens is 1. The van der Waals surface area contributed by atoms with Gasteiger partial charge in [-0.15, -0.1) is 0 Å². The van der Waals surface area contributed by atoms with E-state index in [1.165, 1.54) is 29.1 Å². The molecule has 8 heteroatoms. The van der Waals surface area contributed by atoms with Crippen LogP contribution in [0.4, 0.5) is 4.39 Å². The van der Waals surface area contributed by atoms with E-state index in [1.54, 1.807) is 18.2 Å². The molecule has 0 saturated carbocycles. The third-order valence-corrected chi connectivity index (χ3v) is 7.99. The van der Waals surface area contributed by atoms with Crippen molar-refractivity contribution >= 4 is 16.0 Å². The Morgan fingerprint density at radius 3 is 2.55 bits per heavy atom. The normalized spacial score (nSPS) is 17.4. The Labute approximate surface area is 182 Å². The monoisotopic (exact) mass is 447 g/mol. The first-order valence-electron chi connectivity index (χ1n) is 10.5. The van der Waals surface area contributed by atoms with Gasteiger partial charge in [0.1, 0.15) is 6.61 Å². The van der Waals surface area contributed by atoms with Gasteiger partial charge in [0, 0.05) is 13.1 Å². The van der Waals surface area contributed by atoms with E-state index in [-0.39, 0.29) is 37.3 Å². The number of hydrogen-bond donors (Lipinski definition) is 0. The van der Waals surface area contributed by atoms with Gasteiger partial charge >= 0.3 is 5.97 Å². The second-order valence-corrected chi connectivity index (χ2v) is 9.98. The number of esters is 1. The van der Waals surface area contributed by atoms with E-state index in [2.05, 4.69) is 0 Å². The van der Waals surface area contributed by atoms with E-state index in [0.717, 1.165) is 24.8 Å². The van der Waals surface area contributed by atoms with Crippen molar-refractivity contribution in [3.8, 4) is 5.75 Å². The molecule has 0 bridgehead atoms. The van der Waals surface area contributed by atoms with Crippen LogP contribution >= 0.6 is 0 Å². The van der Waals surface area contributed by atoms with E-state index in [9.17, 15) is 17.6 Å². The first kappa shape index (κ1) is 21.8. The van der Waals surface area contributed by atoms with Gasteiger partial charge in [-0.25, -0.2) is 12.8 Å². The fraction of sp³-hybridized carbons (Fsp3) is 0.435. The highest BCUT2D eigenvalue weighted by Gasteiger charge is 2.33. The lowest BCUT2D eigenvalue weighted by atomic mass is 9.98. The summed E-state index contributed by atoms with van der Waals surface area (Å²) in [7, 11) is -2.19. The summed E-state index contributed by atoms with van der Waals surface area (Å²) in [5.41, 5.74) is 2.88. The van der Waals surface area contributed by atoms with Gasteiger partial charge < -0.3 is 9.47 Å². The van der Waals surface area contributed by atoms with Crippen LogP contribution in [0.3, 0.4) is 0 Å². The molecule has 1 heterocycles. The maximum atomic E-state index is 13.8. The highest BCUT2D eigenvalue weighted by atomic mass is 32.2. The molecule has 166 valence electrons. The average Bonchev–Trinajstić information content (AvgIpc) is 3.25. The number of carbonyl (C=O) groups is 1. The fourth-order valence-corrected chi connectivity index (χ4v) is 5.78. The van der Waals surface area contributed by atoms with Crippen LogP contribution in [0.1, 0.15) is 36.0 Å². The van der Waals surface area contributed by atoms with E-state index < -0.39 is 15.8 Å². The quantitative estimate of drug-likeness (QED) is 0.634. The summed E-state index contributed by atoms with van der Waals surface area (Å²) in [5.74, 6) is -1.13. The van der Waals surface area contributed by atoms with Gasteiger partial charge in [-0.1, -0.05) is 12.1 Å². The number of piperidine rings is 1. The summed E-state index contributed by atoms with van der Waals surface area (Å²) in [5, 5.41) is 0. The highest BCUT2D eigenvalue weighted by Crippen LogP contribution is 2.29. The number of sulfonamides is 1. The molecule has 1 saturated heterocycles. The lowest BCUT2D eigenvalue weighted by Gasteiger charge is -2.30. The zero-order chi connectivity index (χ0) is 22.0. The molecule has 0 unspecified atom stereocenters. The molecule has 0 aromatic heterocycles. The van der Waals surface area contributed by atoms with Gasteiger partial charge in [-0.3, -0.25) is 4.79 Å². The Morgan fingerprint density at radius 1 is 1.10 bits per heavy atom. The molecule has 0 spiro atoms. The molecule has 31 heavy (non-hydrogen) atoms. The van der Waals surface area contributed by atoms with Gasteiger partial charge in [-0.2, -0.15) is 4.31 Å². The van der Waals surface area contributed by atoms with Crippen LogP contribution in [0.15, 0.2) is 41.3 Å². The second kappa shape index (κ2) is 8.96. The Hall–Kier alpha value is -2.45. The number of hydrogen-bond acceptors (Lipinski definition) is 5. The number of ether oxygens (including phenoxy) is 2. The largest absolute Gasteiger partial charge is 0.494 e. The molecule has 4 rings (SSSR count). The second-order valence-electron chi connectivity index (χ2n) is 8.04. The van der Waals surface area contributed by atoms with Crippen LogP contribution in [0.25, 0.3) is 0 Å². The zero-order valence-corrected chi connectivity index (χ0v) is 18.3. The lowest BCUT2D eigenvalue weighted by molar-refractivity contribution is -0.151. The summed E-state index contributed by atoms with van der Waals surface area (Å²) in [4.78, 5) is 12.8. The SMILES string of the molecule is COc1ccc(COC(=O)C2CCN(S(=O)(=O)c3ccc4c(c3)CCC4)CC2)cc1F. The molecular formula is C23H26FNO5S. The van der Waals surface area contributed by atoms with Crippen molar-refractivity contribution in [3.63, 3.8) is 0 Å². The maximum absolute atomic E-state index is 13.8. The zero-order valence-electron chi connectivity index (χ0n) is 17.5. The van der Waals surface area contributed by atoms with Crippen molar-refractivity contribution in [2.75, 3.05) is 20.2 Å². The smallest absolute Gasteiger partial charge is 0.309 e. The molecule has 0 atom stereocenters. The van der Waals surface area contributed by atoms with E-state index in [1.807, 2.05) is 6.07 Å². The average molecular weight is 448 g/mol. The molecule has 0 amide bonds. The van der Waals surface area contributed by atoms with Crippen LogP contribution in [-0.2, 0) is 39.0 Å². The van der Waals surface area contributed by atoms with Crippen LogP contribution in [0, 0.1) is 11.7 Å². The molecule has 1 fully saturated rings. The summed E-state index contributed by atoms with van der Waals surface area (Å²) in [6, 6.07) is 9.81. The topological polar surface area (TPSA) is 72.9 Å². The number of carbonyl (C=O) groups excluding carboxylic acids is 1. The van der Waals surface area contributed by atoms with Crippen molar-refractivity contribution < 1.29 is 27.1 Å². The number of rotatable bonds is 6. The van der Waals surface area contributed by atoms with Crippen molar-refractivity contribution in [3.05, 3.63) is 58.9 Å². The predicted octanol–water partition coefficient (Wildman–Crippen LogP) is 3.47. The van der Waals surface area contributed by atoms with Crippen LogP contribution in [0.5, 0.6) is 5.75 Å². The number of nitrogens with zero attached hydrogens (tertiary/aromatic N) is 1. The Morgan fingerprint density at radius 2 is 1.84 bits per heavy atom. The minimum absolute atomic E-state index is 0.0343. The molecule has 2 aromatic carbocycles. The third-order valence-electron chi connectivity index (χ3n) is 6.09. The molecule has 1 aliphatic heterocycles.